The smallest absolute Gasteiger partial charge is 0.269 e. The third-order valence-corrected chi connectivity index (χ3v) is 6.15. The van der Waals surface area contributed by atoms with Crippen molar-refractivity contribution in [3.63, 3.8) is 0 Å². The van der Waals surface area contributed by atoms with Crippen molar-refractivity contribution in [2.45, 2.75) is 6.17 Å². The second-order valence-electron chi connectivity index (χ2n) is 8.37. The molecule has 0 radical (unpaired) electrons. The minimum absolute atomic E-state index is 0.0137. The van der Waals surface area contributed by atoms with Crippen molar-refractivity contribution >= 4 is 40.5 Å². The third-order valence-electron chi connectivity index (χ3n) is 5.94. The van der Waals surface area contributed by atoms with Gasteiger partial charge in [-0.3, -0.25) is 14.6 Å². The first-order valence-electron chi connectivity index (χ1n) is 11.5. The van der Waals surface area contributed by atoms with Gasteiger partial charge in [-0.2, -0.15) is 5.10 Å². The second-order valence-corrected chi connectivity index (χ2v) is 8.81. The number of anilines is 1. The fraction of sp³-hybridized carbons (Fsp3) is 0.0370. The highest BCUT2D eigenvalue weighted by Crippen LogP contribution is 2.29. The van der Waals surface area contributed by atoms with Crippen LogP contribution in [-0.4, -0.2) is 43.3 Å². The van der Waals surface area contributed by atoms with Crippen LogP contribution in [0.3, 0.4) is 0 Å². The maximum Gasteiger partial charge on any atom is 0.269 e. The van der Waals surface area contributed by atoms with Gasteiger partial charge >= 0.3 is 0 Å². The van der Waals surface area contributed by atoms with E-state index in [1.807, 2.05) is 6.07 Å². The quantitative estimate of drug-likeness (QED) is 0.366. The first-order valence-corrected chi connectivity index (χ1v) is 11.9. The summed E-state index contributed by atoms with van der Waals surface area (Å²) in [5, 5.41) is 10.1. The highest BCUT2D eigenvalue weighted by Gasteiger charge is 2.31. The number of rotatable bonds is 4. The summed E-state index contributed by atoms with van der Waals surface area (Å²) in [6, 6.07) is 16.8. The number of aromatic nitrogens is 4. The molecule has 9 nitrogen and oxygen atoms in total. The summed E-state index contributed by atoms with van der Waals surface area (Å²) in [6.07, 6.45) is 4.77. The minimum atomic E-state index is -1.38. The van der Waals surface area contributed by atoms with Crippen LogP contribution in [0, 0.1) is 5.82 Å². The van der Waals surface area contributed by atoms with Gasteiger partial charge < -0.3 is 10.6 Å². The van der Waals surface area contributed by atoms with Crippen LogP contribution < -0.4 is 10.6 Å². The highest BCUT2D eigenvalue weighted by atomic mass is 35.5. The summed E-state index contributed by atoms with van der Waals surface area (Å²) in [5.74, 6) is -1.98. The molecule has 1 atom stereocenters. The Hall–Kier alpha value is -4.96. The Labute approximate surface area is 220 Å². The summed E-state index contributed by atoms with van der Waals surface area (Å²) < 4.78 is 16.2. The van der Waals surface area contributed by atoms with E-state index >= 15 is 0 Å². The minimum Gasteiger partial charge on any atom is -0.322 e. The lowest BCUT2D eigenvalue weighted by Gasteiger charge is -2.13. The van der Waals surface area contributed by atoms with Crippen molar-refractivity contribution in [1.82, 2.24) is 24.9 Å². The van der Waals surface area contributed by atoms with Crippen LogP contribution in [0.15, 0.2) is 90.4 Å². The fourth-order valence-corrected chi connectivity index (χ4v) is 4.43. The van der Waals surface area contributed by atoms with Gasteiger partial charge in [0, 0.05) is 41.5 Å². The van der Waals surface area contributed by atoms with Crippen molar-refractivity contribution in [3.8, 4) is 11.3 Å². The number of carbonyl (C=O) groups excluding carboxylic acids is 2. The topological polar surface area (TPSA) is 114 Å². The number of hydrogen-bond acceptors (Lipinski definition) is 6. The lowest BCUT2D eigenvalue weighted by atomic mass is 10.0. The number of pyridine rings is 1. The van der Waals surface area contributed by atoms with Gasteiger partial charge in [0.25, 0.3) is 11.8 Å². The number of hydrogen-bond donors (Lipinski definition) is 2. The lowest BCUT2D eigenvalue weighted by Crippen LogP contribution is -2.42. The van der Waals surface area contributed by atoms with E-state index in [1.54, 1.807) is 48.7 Å². The molecule has 1 aliphatic heterocycles. The molecular weight excluding hydrogens is 509 g/mol. The van der Waals surface area contributed by atoms with E-state index in [0.717, 1.165) is 0 Å². The van der Waals surface area contributed by atoms with Crippen molar-refractivity contribution in [1.29, 1.82) is 0 Å². The van der Waals surface area contributed by atoms with E-state index in [4.69, 9.17) is 11.6 Å². The van der Waals surface area contributed by atoms with E-state index in [2.05, 4.69) is 30.7 Å². The Kier molecular flexibility index (Phi) is 5.85. The molecule has 0 spiro atoms. The van der Waals surface area contributed by atoms with Gasteiger partial charge in [-0.25, -0.2) is 18.9 Å². The predicted molar refractivity (Wildman–Crippen MR) is 140 cm³/mol. The van der Waals surface area contributed by atoms with E-state index in [-0.39, 0.29) is 22.6 Å². The molecule has 3 aromatic heterocycles. The Morgan fingerprint density at radius 2 is 1.89 bits per heavy atom. The van der Waals surface area contributed by atoms with Gasteiger partial charge in [0.1, 0.15) is 17.1 Å². The Bertz CT molecular complexity index is 1750. The van der Waals surface area contributed by atoms with Crippen molar-refractivity contribution < 1.29 is 14.0 Å². The number of fused-ring (bicyclic) bond motifs is 2. The molecule has 0 saturated heterocycles. The van der Waals surface area contributed by atoms with Gasteiger partial charge in [-0.1, -0.05) is 54.1 Å². The standard InChI is InChI=1S/C27H17ClFN7O2/c28-17-12-16(13-30-14-17)22-20(25-31-10-5-11-36(25)35-22)26(37)34-24-27(38)33-23-18(8-4-9-19(23)29)21(32-24)15-6-2-1-3-7-15/h1-14,24H,(H,33,38)(H,34,37)/t24-/m1/s1. The molecule has 2 N–H and O–H groups in total. The Balaban J connectivity index is 1.45. The van der Waals surface area contributed by atoms with E-state index in [1.165, 1.54) is 35.2 Å². The molecule has 1 aliphatic rings. The second kappa shape index (κ2) is 9.49. The number of amides is 2. The van der Waals surface area contributed by atoms with Crippen LogP contribution >= 0.6 is 11.6 Å². The average Bonchev–Trinajstić information content (AvgIpc) is 3.26. The van der Waals surface area contributed by atoms with Gasteiger partial charge in [0.15, 0.2) is 5.65 Å². The van der Waals surface area contributed by atoms with Crippen LogP contribution in [0.4, 0.5) is 10.1 Å². The molecule has 4 heterocycles. The van der Waals surface area contributed by atoms with E-state index < -0.39 is 23.8 Å². The third kappa shape index (κ3) is 4.16. The summed E-state index contributed by atoms with van der Waals surface area (Å²) >= 11 is 6.13. The molecule has 6 rings (SSSR count). The molecule has 0 fully saturated rings. The molecule has 0 aliphatic carbocycles. The number of benzodiazepines with no additional fused rings is 1. The number of halogens is 2. The first-order chi connectivity index (χ1) is 18.5. The molecule has 5 aromatic rings. The zero-order valence-corrected chi connectivity index (χ0v) is 20.2. The number of nitrogens with one attached hydrogen (secondary N) is 2. The maximum atomic E-state index is 14.8. The maximum absolute atomic E-state index is 14.8. The molecule has 0 saturated carbocycles. The normalized spacial score (nSPS) is 14.8. The molecule has 186 valence electrons. The molecule has 2 amide bonds. The number of nitrogens with zero attached hydrogens (tertiary/aromatic N) is 5. The molecule has 0 bridgehead atoms. The number of carbonyl (C=O) groups is 2. The summed E-state index contributed by atoms with van der Waals surface area (Å²) in [7, 11) is 0. The fourth-order valence-electron chi connectivity index (χ4n) is 4.26. The Morgan fingerprint density at radius 1 is 1.05 bits per heavy atom. The summed E-state index contributed by atoms with van der Waals surface area (Å²) in [4.78, 5) is 39.9. The summed E-state index contributed by atoms with van der Waals surface area (Å²) in [6.45, 7) is 0. The number of benzene rings is 2. The van der Waals surface area contributed by atoms with E-state index in [0.29, 0.717) is 27.4 Å². The summed E-state index contributed by atoms with van der Waals surface area (Å²) in [5.41, 5.74) is 2.50. The average molecular weight is 526 g/mol. The van der Waals surface area contributed by atoms with Crippen LogP contribution in [-0.2, 0) is 4.79 Å². The number of para-hydroxylation sites is 1. The zero-order chi connectivity index (χ0) is 26.2. The molecule has 11 heteroatoms. The molecule has 2 aromatic carbocycles. The van der Waals surface area contributed by atoms with Gasteiger partial charge in [0.05, 0.1) is 16.4 Å². The largest absolute Gasteiger partial charge is 0.322 e. The molecular formula is C27H17ClFN7O2. The predicted octanol–water partition coefficient (Wildman–Crippen LogP) is 4.13. The van der Waals surface area contributed by atoms with Crippen molar-refractivity contribution in [2.75, 3.05) is 5.32 Å². The molecule has 38 heavy (non-hydrogen) atoms. The zero-order valence-electron chi connectivity index (χ0n) is 19.5. The SMILES string of the molecule is O=C(N[C@H]1N=C(c2ccccc2)c2cccc(F)c2NC1=O)c1c(-c2cncc(Cl)c2)nn2cccnc12. The van der Waals surface area contributed by atoms with Gasteiger partial charge in [0.2, 0.25) is 6.17 Å². The van der Waals surface area contributed by atoms with Crippen LogP contribution in [0.2, 0.25) is 5.02 Å². The van der Waals surface area contributed by atoms with Gasteiger partial charge in [-0.05, 0) is 18.2 Å². The van der Waals surface area contributed by atoms with Crippen molar-refractivity contribution in [3.05, 3.63) is 113 Å². The van der Waals surface area contributed by atoms with Crippen LogP contribution in [0.25, 0.3) is 16.9 Å². The lowest BCUT2D eigenvalue weighted by molar-refractivity contribution is -0.117. The Morgan fingerprint density at radius 3 is 2.71 bits per heavy atom. The van der Waals surface area contributed by atoms with Crippen molar-refractivity contribution in [2.24, 2.45) is 4.99 Å². The monoisotopic (exact) mass is 525 g/mol. The van der Waals surface area contributed by atoms with E-state index in [9.17, 15) is 14.0 Å². The van der Waals surface area contributed by atoms with Crippen LogP contribution in [0.5, 0.6) is 0 Å². The first kappa shape index (κ1) is 23.4. The number of aliphatic imine (C=N–C) groups is 1. The van der Waals surface area contributed by atoms with Crippen LogP contribution in [0.1, 0.15) is 21.5 Å². The van der Waals surface area contributed by atoms with Gasteiger partial charge in [-0.15, -0.1) is 0 Å². The molecule has 0 unspecified atom stereocenters. The highest BCUT2D eigenvalue weighted by molar-refractivity contribution is 6.30.